The molecular formula is C38H58N4O6. The number of phenols is 2. The topological polar surface area (TPSA) is 157 Å². The van der Waals surface area contributed by atoms with Crippen molar-refractivity contribution in [3.8, 4) is 11.5 Å². The minimum Gasteiger partial charge on any atom is -0.507 e. The number of aryl methyl sites for hydroxylation is 2. The third-order valence-corrected chi connectivity index (χ3v) is 8.60. The van der Waals surface area contributed by atoms with Gasteiger partial charge in [-0.15, -0.1) is 0 Å². The van der Waals surface area contributed by atoms with E-state index in [9.17, 15) is 29.4 Å². The number of hydrazine groups is 2. The fraction of sp³-hybridized carbons (Fsp3) is 0.579. The Morgan fingerprint density at radius 3 is 1.52 bits per heavy atom. The Morgan fingerprint density at radius 1 is 0.562 bits per heavy atom. The first-order valence-electron chi connectivity index (χ1n) is 18.0. The number of unbranched alkanes of at least 4 members (excludes halogenated alkanes) is 9. The molecule has 10 heteroatoms. The molecule has 0 heterocycles. The van der Waals surface area contributed by atoms with Gasteiger partial charge in [0.15, 0.2) is 0 Å². The van der Waals surface area contributed by atoms with Crippen molar-refractivity contribution in [3.05, 3.63) is 58.7 Å². The van der Waals surface area contributed by atoms with Gasteiger partial charge in [-0.3, -0.25) is 40.9 Å². The highest BCUT2D eigenvalue weighted by molar-refractivity contribution is 5.98. The number of nitrogens with one attached hydrogen (secondary N) is 4. The van der Waals surface area contributed by atoms with E-state index >= 15 is 0 Å². The van der Waals surface area contributed by atoms with E-state index in [1.54, 1.807) is 18.2 Å². The predicted octanol–water partition coefficient (Wildman–Crippen LogP) is 7.32. The molecule has 10 nitrogen and oxygen atoms in total. The molecule has 6 N–H and O–H groups in total. The molecule has 2 aromatic carbocycles. The zero-order valence-electron chi connectivity index (χ0n) is 29.3. The smallest absolute Gasteiger partial charge is 0.273 e. The van der Waals surface area contributed by atoms with Crippen LogP contribution in [-0.2, 0) is 22.4 Å². The zero-order valence-corrected chi connectivity index (χ0v) is 29.3. The largest absolute Gasteiger partial charge is 0.507 e. The number of hydrogen-bond acceptors (Lipinski definition) is 6. The van der Waals surface area contributed by atoms with Crippen molar-refractivity contribution in [1.29, 1.82) is 0 Å². The van der Waals surface area contributed by atoms with E-state index in [0.717, 1.165) is 101 Å². The van der Waals surface area contributed by atoms with Gasteiger partial charge in [0.05, 0.1) is 11.1 Å². The average Bonchev–Trinajstić information content (AvgIpc) is 3.08. The lowest BCUT2D eigenvalue weighted by atomic mass is 9.94. The first-order valence-corrected chi connectivity index (χ1v) is 18.0. The van der Waals surface area contributed by atoms with Gasteiger partial charge in [0.25, 0.3) is 11.8 Å². The molecule has 0 saturated carbocycles. The summed E-state index contributed by atoms with van der Waals surface area (Å²) < 4.78 is 0. The molecule has 0 bridgehead atoms. The molecule has 1 unspecified atom stereocenters. The number of amides is 4. The Balaban J connectivity index is 1.88. The number of hydrogen-bond donors (Lipinski definition) is 6. The predicted molar refractivity (Wildman–Crippen MR) is 189 cm³/mol. The summed E-state index contributed by atoms with van der Waals surface area (Å²) >= 11 is 0. The highest BCUT2D eigenvalue weighted by atomic mass is 16.3. The maximum Gasteiger partial charge on any atom is 0.273 e. The van der Waals surface area contributed by atoms with Crippen LogP contribution < -0.4 is 21.7 Å². The highest BCUT2D eigenvalue weighted by Gasteiger charge is 2.21. The minimum absolute atomic E-state index is 0.0771. The normalized spacial score (nSPS) is 11.5. The van der Waals surface area contributed by atoms with Crippen LogP contribution in [0.25, 0.3) is 0 Å². The molecule has 0 radical (unpaired) electrons. The Hall–Kier alpha value is -4.08. The number of rotatable bonds is 22. The summed E-state index contributed by atoms with van der Waals surface area (Å²) in [7, 11) is 0. The lowest BCUT2D eigenvalue weighted by molar-refractivity contribution is -0.127. The lowest BCUT2D eigenvalue weighted by Gasteiger charge is -2.18. The van der Waals surface area contributed by atoms with Crippen molar-refractivity contribution in [2.75, 3.05) is 0 Å². The SMILES string of the molecule is CCCCCCc1ccc(O)c(C(=O)NNC(=O)CCCC(CCCCCC)C(=O)NNC(=O)c2cc(CCCCCC)ccc2O)c1. The summed E-state index contributed by atoms with van der Waals surface area (Å²) in [5.41, 5.74) is 11.9. The van der Waals surface area contributed by atoms with Crippen LogP contribution in [0.4, 0.5) is 0 Å². The number of benzene rings is 2. The molecule has 0 aromatic heterocycles. The van der Waals surface area contributed by atoms with Crippen LogP contribution in [-0.4, -0.2) is 33.8 Å². The molecule has 2 aromatic rings. The van der Waals surface area contributed by atoms with Crippen LogP contribution in [0.1, 0.15) is 155 Å². The molecule has 0 aliphatic carbocycles. The maximum absolute atomic E-state index is 13.1. The summed E-state index contributed by atoms with van der Waals surface area (Å²) in [6.07, 6.45) is 15.8. The molecule has 0 fully saturated rings. The Bertz CT molecular complexity index is 1300. The quantitative estimate of drug-likeness (QED) is 0.0571. The second kappa shape index (κ2) is 23.3. The number of carbonyl (C=O) groups excluding carboxylic acids is 4. The van der Waals surface area contributed by atoms with Crippen LogP contribution in [0.2, 0.25) is 0 Å². The summed E-state index contributed by atoms with van der Waals surface area (Å²) in [5.74, 6) is -2.71. The van der Waals surface area contributed by atoms with E-state index in [1.807, 2.05) is 6.07 Å². The van der Waals surface area contributed by atoms with E-state index in [1.165, 1.54) is 12.1 Å². The van der Waals surface area contributed by atoms with Gasteiger partial charge >= 0.3 is 0 Å². The van der Waals surface area contributed by atoms with Gasteiger partial charge in [-0.1, -0.05) is 97.1 Å². The average molecular weight is 667 g/mol. The molecule has 2 rings (SSSR count). The molecule has 48 heavy (non-hydrogen) atoms. The molecule has 0 saturated heterocycles. The first kappa shape index (κ1) is 40.1. The van der Waals surface area contributed by atoms with E-state index in [4.69, 9.17) is 0 Å². The Morgan fingerprint density at radius 2 is 1.02 bits per heavy atom. The van der Waals surface area contributed by atoms with Gasteiger partial charge < -0.3 is 10.2 Å². The summed E-state index contributed by atoms with van der Waals surface area (Å²) in [4.78, 5) is 51.2. The zero-order chi connectivity index (χ0) is 35.1. The molecule has 0 aliphatic heterocycles. The van der Waals surface area contributed by atoms with Crippen LogP contribution in [0, 0.1) is 5.92 Å². The molecule has 0 aliphatic rings. The molecule has 0 spiro atoms. The van der Waals surface area contributed by atoms with Gasteiger partial charge in [0.2, 0.25) is 11.8 Å². The molecule has 266 valence electrons. The van der Waals surface area contributed by atoms with Crippen molar-refractivity contribution < 1.29 is 29.4 Å². The van der Waals surface area contributed by atoms with Crippen molar-refractivity contribution in [1.82, 2.24) is 21.7 Å². The van der Waals surface area contributed by atoms with E-state index in [-0.39, 0.29) is 35.0 Å². The monoisotopic (exact) mass is 666 g/mol. The van der Waals surface area contributed by atoms with Crippen molar-refractivity contribution >= 4 is 23.6 Å². The fourth-order valence-electron chi connectivity index (χ4n) is 5.63. The van der Waals surface area contributed by atoms with Gasteiger partial charge in [-0.05, 0) is 80.3 Å². The lowest BCUT2D eigenvalue weighted by Crippen LogP contribution is -2.44. The third kappa shape index (κ3) is 15.2. The first-order chi connectivity index (χ1) is 23.2. The number of phenolic OH excluding ortho intramolecular Hbond substituents is 2. The van der Waals surface area contributed by atoms with Crippen molar-refractivity contribution in [2.45, 2.75) is 136 Å². The van der Waals surface area contributed by atoms with Crippen LogP contribution in [0.15, 0.2) is 36.4 Å². The van der Waals surface area contributed by atoms with Crippen molar-refractivity contribution in [3.63, 3.8) is 0 Å². The minimum atomic E-state index is -0.603. The molecule has 1 atom stereocenters. The second-order valence-electron chi connectivity index (χ2n) is 12.7. The Kier molecular flexibility index (Phi) is 19.4. The number of aromatic hydroxyl groups is 2. The Labute approximate surface area is 286 Å². The fourth-order valence-corrected chi connectivity index (χ4v) is 5.63. The van der Waals surface area contributed by atoms with Gasteiger partial charge in [-0.25, -0.2) is 0 Å². The standard InChI is InChI=1S/C38H58N4O6/c1-4-7-10-13-17-28-22-24-33(43)31(26-28)37(47)41-39-35(45)21-16-20-30(19-15-12-9-6-3)36(46)40-42-38(48)32-27-29(23-25-34(32)44)18-14-11-8-5-2/h22-27,30,43-44H,4-21H2,1-3H3,(H,39,45)(H,40,46)(H,41,47)(H,42,48). The summed E-state index contributed by atoms with van der Waals surface area (Å²) in [5, 5.41) is 20.5. The van der Waals surface area contributed by atoms with Gasteiger partial charge in [-0.2, -0.15) is 0 Å². The maximum atomic E-state index is 13.1. The van der Waals surface area contributed by atoms with E-state index in [0.29, 0.717) is 19.3 Å². The van der Waals surface area contributed by atoms with Crippen molar-refractivity contribution in [2.24, 2.45) is 5.92 Å². The van der Waals surface area contributed by atoms with Gasteiger partial charge in [0, 0.05) is 12.3 Å². The molecular weight excluding hydrogens is 608 g/mol. The second-order valence-corrected chi connectivity index (χ2v) is 12.7. The van der Waals surface area contributed by atoms with E-state index in [2.05, 4.69) is 42.5 Å². The van der Waals surface area contributed by atoms with Crippen LogP contribution >= 0.6 is 0 Å². The molecule has 4 amide bonds. The third-order valence-electron chi connectivity index (χ3n) is 8.60. The van der Waals surface area contributed by atoms with Crippen LogP contribution in [0.5, 0.6) is 11.5 Å². The number of carbonyl (C=O) groups is 4. The highest BCUT2D eigenvalue weighted by Crippen LogP contribution is 2.22. The van der Waals surface area contributed by atoms with Gasteiger partial charge in [0.1, 0.15) is 11.5 Å². The summed E-state index contributed by atoms with van der Waals surface area (Å²) in [6, 6.07) is 9.92. The van der Waals surface area contributed by atoms with Crippen LogP contribution in [0.3, 0.4) is 0 Å². The van der Waals surface area contributed by atoms with E-state index < -0.39 is 23.6 Å². The summed E-state index contributed by atoms with van der Waals surface area (Å²) in [6.45, 7) is 6.41.